The molecule has 1 aliphatic rings. The quantitative estimate of drug-likeness (QED) is 0.0832. The highest BCUT2D eigenvalue weighted by atomic mass is 32.1. The highest BCUT2D eigenvalue weighted by molar-refractivity contribution is 7.11. The van der Waals surface area contributed by atoms with Crippen LogP contribution >= 0.6 is 22.7 Å². The lowest BCUT2D eigenvalue weighted by Gasteiger charge is -2.15. The number of nitro benzene ring substituents is 1. The van der Waals surface area contributed by atoms with E-state index in [1.165, 1.54) is 40.4 Å². The van der Waals surface area contributed by atoms with Gasteiger partial charge in [0.05, 0.1) is 39.2 Å². The van der Waals surface area contributed by atoms with Crippen LogP contribution in [0.2, 0.25) is 0 Å². The van der Waals surface area contributed by atoms with Crippen LogP contribution in [0.5, 0.6) is 0 Å². The molecule has 11 nitrogen and oxygen atoms in total. The van der Waals surface area contributed by atoms with Crippen LogP contribution in [0.15, 0.2) is 144 Å². The average Bonchev–Trinajstić information content (AvgIpc) is 4.08. The summed E-state index contributed by atoms with van der Waals surface area (Å²) in [6.07, 6.45) is 7.42. The first-order chi connectivity index (χ1) is 27.0. The molecule has 3 aromatic heterocycles. The Morgan fingerprint density at radius 3 is 2.27 bits per heavy atom. The topological polar surface area (TPSA) is 158 Å². The number of nitrogens with one attached hydrogen (secondary N) is 2. The van der Waals surface area contributed by atoms with E-state index < -0.39 is 4.92 Å². The molecular formula is C42H31N9O2S2. The van der Waals surface area contributed by atoms with Gasteiger partial charge in [-0.15, -0.1) is 22.7 Å². The molecule has 55 heavy (non-hydrogen) atoms. The average molecular weight is 758 g/mol. The molecule has 1 saturated heterocycles. The molecule has 0 spiro atoms. The molecule has 0 bridgehead atoms. The van der Waals surface area contributed by atoms with Crippen LogP contribution in [0.1, 0.15) is 27.2 Å². The summed E-state index contributed by atoms with van der Waals surface area (Å²) in [6.45, 7) is 0.802. The van der Waals surface area contributed by atoms with Crippen molar-refractivity contribution in [3.8, 4) is 40.3 Å². The Kier molecular flexibility index (Phi) is 11.5. The first-order valence-corrected chi connectivity index (χ1v) is 18.8. The summed E-state index contributed by atoms with van der Waals surface area (Å²) in [7, 11) is 0. The summed E-state index contributed by atoms with van der Waals surface area (Å²) in [4.78, 5) is 19.5. The zero-order chi connectivity index (χ0) is 38.0. The van der Waals surface area contributed by atoms with Gasteiger partial charge >= 0.3 is 0 Å². The summed E-state index contributed by atoms with van der Waals surface area (Å²) in [5, 5.41) is 40.2. The minimum absolute atomic E-state index is 0.00562. The molecule has 1 aliphatic heterocycles. The fourth-order valence-corrected chi connectivity index (χ4v) is 7.42. The molecule has 1 fully saturated rings. The molecule has 8 rings (SSSR count). The van der Waals surface area contributed by atoms with Gasteiger partial charge in [-0.25, -0.2) is 20.1 Å². The van der Waals surface area contributed by atoms with E-state index in [0.717, 1.165) is 34.1 Å². The Balaban J connectivity index is 0.000000197. The second kappa shape index (κ2) is 17.3. The fourth-order valence-electron chi connectivity index (χ4n) is 6.02. The van der Waals surface area contributed by atoms with Crippen LogP contribution in [0.3, 0.4) is 0 Å². The van der Waals surface area contributed by atoms with Crippen molar-refractivity contribution in [1.82, 2.24) is 30.6 Å². The fraction of sp³-hybridized carbons (Fsp3) is 0.0714. The minimum atomic E-state index is -0.438. The maximum absolute atomic E-state index is 11.1. The number of rotatable bonds is 9. The maximum Gasteiger partial charge on any atom is 0.270 e. The van der Waals surface area contributed by atoms with Crippen molar-refractivity contribution >= 4 is 45.6 Å². The van der Waals surface area contributed by atoms with E-state index in [9.17, 15) is 20.6 Å². The Hall–Kier alpha value is -6.87. The smallest absolute Gasteiger partial charge is 0.258 e. The summed E-state index contributed by atoms with van der Waals surface area (Å²) < 4.78 is 1.79. The van der Waals surface area contributed by atoms with E-state index in [-0.39, 0.29) is 17.6 Å². The predicted molar refractivity (Wildman–Crippen MR) is 216 cm³/mol. The molecule has 4 heterocycles. The Bertz CT molecular complexity index is 2530. The minimum Gasteiger partial charge on any atom is -0.258 e. The standard InChI is InChI=1S/C27H17N5O2S.C15H14N4S/c28-16-21(27-29-25(18-35-27)20-10-7-13-24(15-20)32(33)34)14-22-17-31(23-11-5-2-6-12-23)30-26(22)19-8-3-1-4-9-19;16-9-12(15-17-6-7-20-15)8-13-10-18-19-14(13)11-4-2-1-3-5-11/h1-15,17-18H;1-8,13-14,18-19H,10H2/b21-14+;12-8+. The number of para-hydroxylation sites is 1. The summed E-state index contributed by atoms with van der Waals surface area (Å²) in [5.41, 5.74) is 13.3. The van der Waals surface area contributed by atoms with E-state index in [0.29, 0.717) is 27.4 Å². The summed E-state index contributed by atoms with van der Waals surface area (Å²) in [6, 6.07) is 40.8. The van der Waals surface area contributed by atoms with Crippen molar-refractivity contribution in [3.63, 3.8) is 0 Å². The van der Waals surface area contributed by atoms with Gasteiger partial charge in [0.2, 0.25) is 0 Å². The highest BCUT2D eigenvalue weighted by Gasteiger charge is 2.27. The maximum atomic E-state index is 11.1. The van der Waals surface area contributed by atoms with E-state index >= 15 is 0 Å². The van der Waals surface area contributed by atoms with Crippen molar-refractivity contribution in [1.29, 1.82) is 10.5 Å². The van der Waals surface area contributed by atoms with Gasteiger partial charge in [-0.1, -0.05) is 97.1 Å². The van der Waals surface area contributed by atoms with Gasteiger partial charge in [0.25, 0.3) is 5.69 Å². The number of hydrogen-bond acceptors (Lipinski definition) is 11. The van der Waals surface area contributed by atoms with Crippen LogP contribution in [-0.4, -0.2) is 31.2 Å². The number of thiazole rings is 2. The molecule has 2 N–H and O–H groups in total. The molecule has 0 radical (unpaired) electrons. The van der Waals surface area contributed by atoms with E-state index in [4.69, 9.17) is 5.10 Å². The van der Waals surface area contributed by atoms with Gasteiger partial charge in [-0.3, -0.25) is 15.5 Å². The lowest BCUT2D eigenvalue weighted by atomic mass is 9.93. The molecule has 0 aliphatic carbocycles. The van der Waals surface area contributed by atoms with Crippen LogP contribution in [0.25, 0.3) is 45.4 Å². The molecule has 2 unspecified atom stereocenters. The second-order valence-corrected chi connectivity index (χ2v) is 14.0. The zero-order valence-corrected chi connectivity index (χ0v) is 30.7. The van der Waals surface area contributed by atoms with Gasteiger partial charge in [0.1, 0.15) is 22.2 Å². The predicted octanol–water partition coefficient (Wildman–Crippen LogP) is 9.15. The Morgan fingerprint density at radius 1 is 0.873 bits per heavy atom. The number of benzene rings is 4. The molecular weight excluding hydrogens is 727 g/mol. The Labute approximate surface area is 325 Å². The molecule has 7 aromatic rings. The van der Waals surface area contributed by atoms with E-state index in [2.05, 4.69) is 45.1 Å². The van der Waals surface area contributed by atoms with Crippen molar-refractivity contribution in [2.45, 2.75) is 6.04 Å². The first-order valence-electron chi connectivity index (χ1n) is 17.1. The molecule has 0 amide bonds. The van der Waals surface area contributed by atoms with Gasteiger partial charge < -0.3 is 0 Å². The van der Waals surface area contributed by atoms with Crippen LogP contribution in [-0.2, 0) is 0 Å². The zero-order valence-electron chi connectivity index (χ0n) is 29.1. The number of nitrogens with zero attached hydrogens (tertiary/aromatic N) is 7. The third kappa shape index (κ3) is 8.69. The molecule has 2 atom stereocenters. The highest BCUT2D eigenvalue weighted by Crippen LogP contribution is 2.32. The van der Waals surface area contributed by atoms with Crippen LogP contribution in [0.4, 0.5) is 5.69 Å². The van der Waals surface area contributed by atoms with Crippen LogP contribution in [0, 0.1) is 38.7 Å². The van der Waals surface area contributed by atoms with Gasteiger partial charge in [0.15, 0.2) is 0 Å². The summed E-state index contributed by atoms with van der Waals surface area (Å²) in [5.74, 6) is 0.232. The van der Waals surface area contributed by atoms with Gasteiger partial charge in [-0.2, -0.15) is 15.6 Å². The number of nitro groups is 1. The van der Waals surface area contributed by atoms with E-state index in [1.807, 2.05) is 96.5 Å². The molecule has 13 heteroatoms. The number of hydrogen-bond donors (Lipinski definition) is 2. The molecule has 0 saturated carbocycles. The number of hydrazine groups is 1. The number of nitriles is 2. The summed E-state index contributed by atoms with van der Waals surface area (Å²) >= 11 is 2.81. The normalized spacial score (nSPS) is 15.4. The van der Waals surface area contributed by atoms with Crippen molar-refractivity contribution in [3.05, 3.63) is 176 Å². The van der Waals surface area contributed by atoms with Crippen molar-refractivity contribution in [2.24, 2.45) is 5.92 Å². The van der Waals surface area contributed by atoms with Crippen LogP contribution < -0.4 is 10.9 Å². The van der Waals surface area contributed by atoms with E-state index in [1.54, 1.807) is 34.5 Å². The number of allylic oxidation sites excluding steroid dienone is 2. The Morgan fingerprint density at radius 2 is 1.58 bits per heavy atom. The monoisotopic (exact) mass is 757 g/mol. The second-order valence-electron chi connectivity index (χ2n) is 12.2. The lowest BCUT2D eigenvalue weighted by Crippen LogP contribution is -2.24. The molecule has 268 valence electrons. The third-order valence-corrected chi connectivity index (χ3v) is 10.3. The third-order valence-electron chi connectivity index (χ3n) is 8.66. The number of non-ortho nitro benzene ring substituents is 1. The number of aromatic nitrogens is 4. The van der Waals surface area contributed by atoms with Gasteiger partial charge in [-0.05, 0) is 23.8 Å². The molecule has 4 aromatic carbocycles. The van der Waals surface area contributed by atoms with Crippen molar-refractivity contribution < 1.29 is 4.92 Å². The first kappa shape index (κ1) is 36.5. The van der Waals surface area contributed by atoms with Crippen molar-refractivity contribution in [2.75, 3.05) is 6.54 Å². The largest absolute Gasteiger partial charge is 0.270 e. The lowest BCUT2D eigenvalue weighted by molar-refractivity contribution is -0.384. The SMILES string of the molecule is N#C/C(=C\C1CNNC1c1ccccc1)c1nccs1.N#C/C(=C\c1cn(-c2ccccc2)nc1-c1ccccc1)c1nc(-c2cccc([N+](=O)[O-])c2)cs1. The van der Waals surface area contributed by atoms with Gasteiger partial charge in [0, 0.05) is 64.4 Å².